The van der Waals surface area contributed by atoms with Gasteiger partial charge < -0.3 is 4.42 Å². The maximum atomic E-state index is 5.54. The summed E-state index contributed by atoms with van der Waals surface area (Å²) in [6.07, 6.45) is 4.31. The van der Waals surface area contributed by atoms with Crippen molar-refractivity contribution in [2.45, 2.75) is 45.2 Å². The summed E-state index contributed by atoms with van der Waals surface area (Å²) >= 11 is 0. The first-order valence-corrected chi connectivity index (χ1v) is 7.47. The van der Waals surface area contributed by atoms with Gasteiger partial charge in [0, 0.05) is 18.5 Å². The van der Waals surface area contributed by atoms with Crippen molar-refractivity contribution in [1.29, 1.82) is 0 Å². The molecule has 3 heteroatoms. The third-order valence-corrected chi connectivity index (χ3v) is 3.98. The second-order valence-corrected chi connectivity index (χ2v) is 5.87. The van der Waals surface area contributed by atoms with E-state index in [4.69, 9.17) is 4.42 Å². The normalized spacial score (nSPS) is 19.9. The molecule has 2 heterocycles. The maximum Gasteiger partial charge on any atom is 0.196 e. The van der Waals surface area contributed by atoms with Crippen LogP contribution in [0.5, 0.6) is 0 Å². The second kappa shape index (κ2) is 5.80. The predicted molar refractivity (Wildman–Crippen MR) is 79.4 cm³/mol. The predicted octanol–water partition coefficient (Wildman–Crippen LogP) is 4.14. The Balaban J connectivity index is 1.72. The fourth-order valence-corrected chi connectivity index (χ4v) is 2.94. The number of aromatic nitrogens is 1. The molecule has 2 aromatic rings. The van der Waals surface area contributed by atoms with Gasteiger partial charge in [-0.25, -0.2) is 4.98 Å². The van der Waals surface area contributed by atoms with Gasteiger partial charge in [0.2, 0.25) is 0 Å². The first kappa shape index (κ1) is 13.4. The number of likely N-dealkylation sites (tertiary alicyclic amines) is 1. The van der Waals surface area contributed by atoms with Crippen molar-refractivity contribution in [3.8, 4) is 0 Å². The van der Waals surface area contributed by atoms with Crippen LogP contribution in [0.3, 0.4) is 0 Å². The Hall–Kier alpha value is -1.61. The van der Waals surface area contributed by atoms with E-state index in [1.54, 1.807) is 0 Å². The fraction of sp³-hybridized carbons (Fsp3) is 0.471. The molecule has 1 aliphatic rings. The monoisotopic (exact) mass is 270 g/mol. The van der Waals surface area contributed by atoms with E-state index < -0.39 is 0 Å². The molecule has 0 N–H and O–H groups in total. The van der Waals surface area contributed by atoms with E-state index in [1.807, 2.05) is 6.26 Å². The third kappa shape index (κ3) is 2.78. The van der Waals surface area contributed by atoms with E-state index >= 15 is 0 Å². The van der Waals surface area contributed by atoms with Crippen molar-refractivity contribution in [3.05, 3.63) is 53.7 Å². The highest BCUT2D eigenvalue weighted by molar-refractivity contribution is 5.20. The van der Waals surface area contributed by atoms with Gasteiger partial charge in [-0.3, -0.25) is 4.90 Å². The van der Waals surface area contributed by atoms with Crippen LogP contribution >= 0.6 is 0 Å². The molecule has 1 aromatic heterocycles. The lowest BCUT2D eigenvalue weighted by atomic mass is 10.0. The molecule has 0 amide bonds. The van der Waals surface area contributed by atoms with E-state index in [9.17, 15) is 0 Å². The minimum absolute atomic E-state index is 0.354. The number of nitrogens with zero attached hydrogens (tertiary/aromatic N) is 2. The first-order valence-electron chi connectivity index (χ1n) is 7.47. The largest absolute Gasteiger partial charge is 0.448 e. The molecular weight excluding hydrogens is 248 g/mol. The number of oxazole rings is 1. The quantitative estimate of drug-likeness (QED) is 0.836. The van der Waals surface area contributed by atoms with Crippen LogP contribution in [0.1, 0.15) is 55.8 Å². The molecule has 0 radical (unpaired) electrons. The Morgan fingerprint density at radius 2 is 2.10 bits per heavy atom. The summed E-state index contributed by atoms with van der Waals surface area (Å²) in [5, 5.41) is 0. The minimum Gasteiger partial charge on any atom is -0.448 e. The summed E-state index contributed by atoms with van der Waals surface area (Å²) in [4.78, 5) is 7.10. The van der Waals surface area contributed by atoms with Crippen molar-refractivity contribution in [2.75, 3.05) is 6.54 Å². The lowest BCUT2D eigenvalue weighted by Crippen LogP contribution is -2.22. The van der Waals surface area contributed by atoms with Crippen LogP contribution in [0.15, 0.2) is 41.0 Å². The van der Waals surface area contributed by atoms with Gasteiger partial charge in [0.15, 0.2) is 5.89 Å². The van der Waals surface area contributed by atoms with Gasteiger partial charge >= 0.3 is 0 Å². The molecule has 0 unspecified atom stereocenters. The van der Waals surface area contributed by atoms with E-state index in [-0.39, 0.29) is 0 Å². The molecule has 3 nitrogen and oxygen atoms in total. The highest BCUT2D eigenvalue weighted by Crippen LogP contribution is 2.32. The van der Waals surface area contributed by atoms with Gasteiger partial charge in [0.05, 0.1) is 5.69 Å². The van der Waals surface area contributed by atoms with Gasteiger partial charge in [-0.15, -0.1) is 0 Å². The zero-order chi connectivity index (χ0) is 13.9. The molecular formula is C17H22N2O. The van der Waals surface area contributed by atoms with Crippen LogP contribution < -0.4 is 0 Å². The molecule has 3 rings (SSSR count). The summed E-state index contributed by atoms with van der Waals surface area (Å²) < 4.78 is 5.54. The summed E-state index contributed by atoms with van der Waals surface area (Å²) in [6, 6.07) is 11.3. The number of benzene rings is 1. The molecule has 0 aliphatic carbocycles. The molecule has 106 valence electrons. The molecule has 1 saturated heterocycles. The lowest BCUT2D eigenvalue weighted by molar-refractivity contribution is 0.245. The van der Waals surface area contributed by atoms with Crippen molar-refractivity contribution in [1.82, 2.24) is 9.88 Å². The number of hydrogen-bond acceptors (Lipinski definition) is 3. The maximum absolute atomic E-state index is 5.54. The van der Waals surface area contributed by atoms with E-state index in [1.165, 1.54) is 18.4 Å². The number of hydrogen-bond donors (Lipinski definition) is 0. The van der Waals surface area contributed by atoms with E-state index in [0.717, 1.165) is 24.7 Å². The summed E-state index contributed by atoms with van der Waals surface area (Å²) in [6.45, 7) is 6.25. The SMILES string of the molecule is CC(C)c1nc(CN2CCC[C@@H]2c2ccccc2)co1. The topological polar surface area (TPSA) is 29.3 Å². The summed E-state index contributed by atoms with van der Waals surface area (Å²) in [5.74, 6) is 1.20. The summed E-state index contributed by atoms with van der Waals surface area (Å²) in [7, 11) is 0. The van der Waals surface area contributed by atoms with Crippen LogP contribution in [0.4, 0.5) is 0 Å². The Bertz CT molecular complexity index is 547. The smallest absolute Gasteiger partial charge is 0.196 e. The van der Waals surface area contributed by atoms with Crippen molar-refractivity contribution in [3.63, 3.8) is 0 Å². The second-order valence-electron chi connectivity index (χ2n) is 5.87. The molecule has 1 aromatic carbocycles. The highest BCUT2D eigenvalue weighted by Gasteiger charge is 2.26. The Morgan fingerprint density at radius 3 is 2.80 bits per heavy atom. The Kier molecular flexibility index (Phi) is 3.88. The van der Waals surface area contributed by atoms with Crippen LogP contribution in [0.25, 0.3) is 0 Å². The van der Waals surface area contributed by atoms with Crippen LogP contribution in [0, 0.1) is 0 Å². The first-order chi connectivity index (χ1) is 9.74. The van der Waals surface area contributed by atoms with Gasteiger partial charge in [-0.2, -0.15) is 0 Å². The zero-order valence-corrected chi connectivity index (χ0v) is 12.2. The number of rotatable bonds is 4. The molecule has 20 heavy (non-hydrogen) atoms. The van der Waals surface area contributed by atoms with Crippen LogP contribution in [-0.4, -0.2) is 16.4 Å². The summed E-state index contributed by atoms with van der Waals surface area (Å²) in [5.41, 5.74) is 2.47. The standard InChI is InChI=1S/C17H22N2O/c1-13(2)17-18-15(12-20-17)11-19-10-6-9-16(19)14-7-4-3-5-8-14/h3-5,7-8,12-13,16H,6,9-11H2,1-2H3/t16-/m1/s1. The average Bonchev–Trinajstić information content (AvgIpc) is 3.09. The van der Waals surface area contributed by atoms with Gasteiger partial charge in [0.25, 0.3) is 0 Å². The Morgan fingerprint density at radius 1 is 1.30 bits per heavy atom. The average molecular weight is 270 g/mol. The zero-order valence-electron chi connectivity index (χ0n) is 12.2. The molecule has 0 spiro atoms. The molecule has 1 aliphatic heterocycles. The molecule has 0 saturated carbocycles. The van der Waals surface area contributed by atoms with Crippen molar-refractivity contribution in [2.24, 2.45) is 0 Å². The van der Waals surface area contributed by atoms with E-state index in [0.29, 0.717) is 12.0 Å². The van der Waals surface area contributed by atoms with Crippen molar-refractivity contribution < 1.29 is 4.42 Å². The lowest BCUT2D eigenvalue weighted by Gasteiger charge is -2.23. The van der Waals surface area contributed by atoms with Gasteiger partial charge in [-0.05, 0) is 24.9 Å². The Labute approximate surface area is 120 Å². The minimum atomic E-state index is 0.354. The molecule has 1 atom stereocenters. The van der Waals surface area contributed by atoms with Crippen LogP contribution in [0.2, 0.25) is 0 Å². The van der Waals surface area contributed by atoms with Crippen LogP contribution in [-0.2, 0) is 6.54 Å². The van der Waals surface area contributed by atoms with E-state index in [2.05, 4.69) is 54.1 Å². The fourth-order valence-electron chi connectivity index (χ4n) is 2.94. The van der Waals surface area contributed by atoms with Gasteiger partial charge in [-0.1, -0.05) is 44.2 Å². The third-order valence-electron chi connectivity index (χ3n) is 3.98. The van der Waals surface area contributed by atoms with Gasteiger partial charge in [0.1, 0.15) is 6.26 Å². The highest BCUT2D eigenvalue weighted by atomic mass is 16.3. The van der Waals surface area contributed by atoms with Crippen molar-refractivity contribution >= 4 is 0 Å². The molecule has 0 bridgehead atoms. The molecule has 1 fully saturated rings.